The van der Waals surface area contributed by atoms with Crippen molar-refractivity contribution in [1.29, 1.82) is 0 Å². The van der Waals surface area contributed by atoms with Crippen molar-refractivity contribution in [3.8, 4) is 0 Å². The first-order chi connectivity index (χ1) is 9.30. The number of carbonyl (C=O) groups excluding carboxylic acids is 3. The van der Waals surface area contributed by atoms with E-state index in [-0.39, 0.29) is 24.8 Å². The minimum atomic E-state index is -0.784. The Morgan fingerprint density at radius 3 is 2.70 bits per heavy atom. The van der Waals surface area contributed by atoms with E-state index in [9.17, 15) is 14.4 Å². The highest BCUT2D eigenvalue weighted by atomic mass is 79.9. The number of nitrogens with zero attached hydrogens (tertiary/aromatic N) is 1. The predicted octanol–water partition coefficient (Wildman–Crippen LogP) is 0.830. The summed E-state index contributed by atoms with van der Waals surface area (Å²) in [6, 6.07) is -0.784. The summed E-state index contributed by atoms with van der Waals surface area (Å²) in [4.78, 5) is 37.4. The molecule has 20 heavy (non-hydrogen) atoms. The number of amides is 2. The summed E-state index contributed by atoms with van der Waals surface area (Å²) in [5.74, 6) is -0.916. The van der Waals surface area contributed by atoms with Crippen molar-refractivity contribution in [1.82, 2.24) is 10.2 Å². The van der Waals surface area contributed by atoms with E-state index in [0.717, 1.165) is 0 Å². The SMILES string of the molecule is CCOC(=O)CC1C(=O)NC(C)(C)CN1C(=O)CCBr. The Kier molecular flexibility index (Phi) is 5.98. The Balaban J connectivity index is 2.88. The third-order valence-corrected chi connectivity index (χ3v) is 3.40. The van der Waals surface area contributed by atoms with Gasteiger partial charge in [0.05, 0.1) is 18.6 Å². The van der Waals surface area contributed by atoms with Gasteiger partial charge in [-0.25, -0.2) is 0 Å². The monoisotopic (exact) mass is 348 g/mol. The van der Waals surface area contributed by atoms with Gasteiger partial charge >= 0.3 is 5.97 Å². The topological polar surface area (TPSA) is 75.7 Å². The fraction of sp³-hybridized carbons (Fsp3) is 0.769. The lowest BCUT2D eigenvalue weighted by Crippen LogP contribution is -2.66. The molecule has 1 N–H and O–H groups in total. The number of ether oxygens (including phenoxy) is 1. The molecule has 1 atom stereocenters. The van der Waals surface area contributed by atoms with Crippen molar-refractivity contribution in [2.45, 2.75) is 45.2 Å². The zero-order chi connectivity index (χ0) is 15.3. The second-order valence-corrected chi connectivity index (χ2v) is 6.15. The fourth-order valence-corrected chi connectivity index (χ4v) is 2.54. The van der Waals surface area contributed by atoms with Crippen LogP contribution in [-0.2, 0) is 19.1 Å². The average Bonchev–Trinajstić information content (AvgIpc) is 2.32. The third kappa shape index (κ3) is 4.47. The Morgan fingerprint density at radius 2 is 2.15 bits per heavy atom. The first-order valence-electron chi connectivity index (χ1n) is 6.64. The van der Waals surface area contributed by atoms with Crippen LogP contribution in [-0.4, -0.2) is 52.7 Å². The molecule has 0 aromatic rings. The van der Waals surface area contributed by atoms with Gasteiger partial charge in [0.2, 0.25) is 11.8 Å². The molecule has 114 valence electrons. The maximum absolute atomic E-state index is 12.1. The van der Waals surface area contributed by atoms with E-state index in [1.54, 1.807) is 6.92 Å². The summed E-state index contributed by atoms with van der Waals surface area (Å²) < 4.78 is 4.87. The number of carbonyl (C=O) groups is 3. The van der Waals surface area contributed by atoms with Crippen LogP contribution < -0.4 is 5.32 Å². The second kappa shape index (κ2) is 7.06. The van der Waals surface area contributed by atoms with Gasteiger partial charge in [-0.3, -0.25) is 14.4 Å². The lowest BCUT2D eigenvalue weighted by Gasteiger charge is -2.43. The van der Waals surface area contributed by atoms with E-state index in [4.69, 9.17) is 4.74 Å². The highest BCUT2D eigenvalue weighted by Crippen LogP contribution is 2.20. The smallest absolute Gasteiger partial charge is 0.308 e. The van der Waals surface area contributed by atoms with Gasteiger partial charge in [-0.05, 0) is 20.8 Å². The number of alkyl halides is 1. The number of nitrogens with one attached hydrogen (secondary N) is 1. The average molecular weight is 349 g/mol. The van der Waals surface area contributed by atoms with Crippen molar-refractivity contribution < 1.29 is 19.1 Å². The van der Waals surface area contributed by atoms with Crippen LogP contribution in [0.15, 0.2) is 0 Å². The maximum Gasteiger partial charge on any atom is 0.308 e. The molecule has 0 saturated carbocycles. The Morgan fingerprint density at radius 1 is 1.50 bits per heavy atom. The van der Waals surface area contributed by atoms with Crippen molar-refractivity contribution in [2.75, 3.05) is 18.5 Å². The first kappa shape index (κ1) is 16.9. The van der Waals surface area contributed by atoms with Crippen molar-refractivity contribution in [3.05, 3.63) is 0 Å². The van der Waals surface area contributed by atoms with Gasteiger partial charge in [0.25, 0.3) is 0 Å². The molecule has 6 nitrogen and oxygen atoms in total. The zero-order valence-corrected chi connectivity index (χ0v) is 13.7. The van der Waals surface area contributed by atoms with E-state index >= 15 is 0 Å². The van der Waals surface area contributed by atoms with Gasteiger partial charge < -0.3 is 15.0 Å². The summed E-state index contributed by atoms with van der Waals surface area (Å²) in [7, 11) is 0. The van der Waals surface area contributed by atoms with Crippen LogP contribution in [0.5, 0.6) is 0 Å². The van der Waals surface area contributed by atoms with Gasteiger partial charge in [0.1, 0.15) is 6.04 Å². The number of piperazine rings is 1. The molecular weight excluding hydrogens is 328 g/mol. The summed E-state index contributed by atoms with van der Waals surface area (Å²) in [5, 5.41) is 3.35. The van der Waals surface area contributed by atoms with E-state index in [1.165, 1.54) is 4.90 Å². The van der Waals surface area contributed by atoms with Crippen LogP contribution in [0.3, 0.4) is 0 Å². The second-order valence-electron chi connectivity index (χ2n) is 5.36. The summed E-state index contributed by atoms with van der Waals surface area (Å²) in [6.07, 6.45) is 0.187. The van der Waals surface area contributed by atoms with E-state index in [1.807, 2.05) is 13.8 Å². The lowest BCUT2D eigenvalue weighted by atomic mass is 9.96. The summed E-state index contributed by atoms with van der Waals surface area (Å²) >= 11 is 3.22. The van der Waals surface area contributed by atoms with Crippen LogP contribution in [0.2, 0.25) is 0 Å². The minimum Gasteiger partial charge on any atom is -0.466 e. The van der Waals surface area contributed by atoms with E-state index in [2.05, 4.69) is 21.2 Å². The molecular formula is C13H21BrN2O4. The fourth-order valence-electron chi connectivity index (χ4n) is 2.20. The number of halogens is 1. The van der Waals surface area contributed by atoms with Crippen LogP contribution >= 0.6 is 15.9 Å². The third-order valence-electron chi connectivity index (χ3n) is 3.00. The van der Waals surface area contributed by atoms with Crippen molar-refractivity contribution >= 4 is 33.7 Å². The first-order valence-corrected chi connectivity index (χ1v) is 7.76. The highest BCUT2D eigenvalue weighted by Gasteiger charge is 2.41. The normalized spacial score (nSPS) is 21.3. The Labute approximate surface area is 127 Å². The molecule has 1 rings (SSSR count). The van der Waals surface area contributed by atoms with Crippen LogP contribution in [0.1, 0.15) is 33.6 Å². The van der Waals surface area contributed by atoms with Crippen LogP contribution in [0.4, 0.5) is 0 Å². The van der Waals surface area contributed by atoms with Gasteiger partial charge in [-0.15, -0.1) is 0 Å². The number of esters is 1. The molecule has 1 unspecified atom stereocenters. The number of hydrogen-bond acceptors (Lipinski definition) is 4. The van der Waals surface area contributed by atoms with Crippen LogP contribution in [0.25, 0.3) is 0 Å². The quantitative estimate of drug-likeness (QED) is 0.589. The van der Waals surface area contributed by atoms with Gasteiger partial charge in [0.15, 0.2) is 0 Å². The molecule has 1 saturated heterocycles. The molecule has 1 aliphatic heterocycles. The van der Waals surface area contributed by atoms with E-state index < -0.39 is 17.6 Å². The molecule has 0 radical (unpaired) electrons. The lowest BCUT2D eigenvalue weighted by molar-refractivity contribution is -0.153. The molecule has 0 spiro atoms. The number of rotatable bonds is 5. The van der Waals surface area contributed by atoms with Crippen LogP contribution in [0, 0.1) is 0 Å². The van der Waals surface area contributed by atoms with Gasteiger partial charge in [0, 0.05) is 18.3 Å². The van der Waals surface area contributed by atoms with E-state index in [0.29, 0.717) is 18.3 Å². The Hall–Kier alpha value is -1.11. The largest absolute Gasteiger partial charge is 0.466 e. The molecule has 1 heterocycles. The number of hydrogen-bond donors (Lipinski definition) is 1. The molecule has 0 aromatic heterocycles. The zero-order valence-electron chi connectivity index (χ0n) is 12.1. The minimum absolute atomic E-state index is 0.107. The molecule has 2 amide bonds. The molecule has 1 aliphatic rings. The van der Waals surface area contributed by atoms with Gasteiger partial charge in [-0.1, -0.05) is 15.9 Å². The highest BCUT2D eigenvalue weighted by molar-refractivity contribution is 9.09. The van der Waals surface area contributed by atoms with Gasteiger partial charge in [-0.2, -0.15) is 0 Å². The molecule has 1 fully saturated rings. The maximum atomic E-state index is 12.1. The predicted molar refractivity (Wildman–Crippen MR) is 77.4 cm³/mol. The molecule has 0 aromatic carbocycles. The summed E-state index contributed by atoms with van der Waals surface area (Å²) in [6.45, 7) is 6.04. The molecule has 0 bridgehead atoms. The molecule has 7 heteroatoms. The standard InChI is InChI=1S/C13H21BrN2O4/c1-4-20-11(18)7-9-12(19)15-13(2,3)8-16(9)10(17)5-6-14/h9H,4-8H2,1-3H3,(H,15,19). The van der Waals surface area contributed by atoms with Crippen molar-refractivity contribution in [3.63, 3.8) is 0 Å². The summed E-state index contributed by atoms with van der Waals surface area (Å²) in [5.41, 5.74) is -0.496. The molecule has 0 aliphatic carbocycles. The Bertz CT molecular complexity index is 398. The van der Waals surface area contributed by atoms with Crippen molar-refractivity contribution in [2.24, 2.45) is 0 Å².